The number of amides is 1. The molecular formula is C21H27N3O3. The quantitative estimate of drug-likeness (QED) is 0.353. The molecule has 144 valence electrons. The Hall–Kier alpha value is -2.81. The zero-order valence-electron chi connectivity index (χ0n) is 15.8. The number of carbonyl (C=O) groups excluding carboxylic acids is 1. The number of benzene rings is 1. The fourth-order valence-corrected chi connectivity index (χ4v) is 3.29. The van der Waals surface area contributed by atoms with Gasteiger partial charge in [0.05, 0.1) is 6.04 Å². The number of aryl methyl sites for hydroxylation is 2. The average molecular weight is 369 g/mol. The molecule has 0 spiro atoms. The minimum Gasteiger partial charge on any atom is -0.481 e. The molecule has 1 aliphatic rings. The molecule has 2 rings (SSSR count). The molecule has 1 atom stereocenters. The van der Waals surface area contributed by atoms with Crippen LogP contribution in [0.2, 0.25) is 0 Å². The SMILES string of the molecule is CCC(N/C=C(/C#N)C(=O)NCCCC(=O)O)c1ccc2c(c1)CCCC2. The van der Waals surface area contributed by atoms with Crippen LogP contribution in [-0.4, -0.2) is 23.5 Å². The number of hydrogen-bond donors (Lipinski definition) is 3. The van der Waals surface area contributed by atoms with Gasteiger partial charge >= 0.3 is 5.97 Å². The molecule has 0 saturated carbocycles. The molecule has 27 heavy (non-hydrogen) atoms. The van der Waals surface area contributed by atoms with E-state index in [0.717, 1.165) is 24.8 Å². The summed E-state index contributed by atoms with van der Waals surface area (Å²) in [6.07, 6.45) is 7.32. The number of hydrogen-bond acceptors (Lipinski definition) is 4. The van der Waals surface area contributed by atoms with Crippen LogP contribution in [0.15, 0.2) is 30.0 Å². The number of fused-ring (bicyclic) bond motifs is 1. The largest absolute Gasteiger partial charge is 0.481 e. The molecule has 1 amide bonds. The van der Waals surface area contributed by atoms with Crippen LogP contribution in [-0.2, 0) is 22.4 Å². The lowest BCUT2D eigenvalue weighted by Crippen LogP contribution is -2.27. The highest BCUT2D eigenvalue weighted by atomic mass is 16.4. The van der Waals surface area contributed by atoms with Crippen LogP contribution in [0.5, 0.6) is 0 Å². The van der Waals surface area contributed by atoms with Crippen LogP contribution in [0.25, 0.3) is 0 Å². The number of aliphatic carboxylic acids is 1. The van der Waals surface area contributed by atoms with Gasteiger partial charge in [0, 0.05) is 19.2 Å². The Morgan fingerprint density at radius 1 is 1.30 bits per heavy atom. The molecule has 1 aliphatic carbocycles. The lowest BCUT2D eigenvalue weighted by molar-refractivity contribution is -0.137. The summed E-state index contributed by atoms with van der Waals surface area (Å²) < 4.78 is 0. The monoisotopic (exact) mass is 369 g/mol. The molecule has 6 nitrogen and oxygen atoms in total. The number of carbonyl (C=O) groups is 2. The van der Waals surface area contributed by atoms with Crippen LogP contribution in [0, 0.1) is 11.3 Å². The molecule has 0 fully saturated rings. The first kappa shape index (κ1) is 20.5. The normalized spacial score (nSPS) is 14.6. The first-order valence-corrected chi connectivity index (χ1v) is 9.53. The molecule has 0 saturated heterocycles. The van der Waals surface area contributed by atoms with E-state index in [2.05, 4.69) is 35.8 Å². The molecule has 6 heteroatoms. The van der Waals surface area contributed by atoms with Gasteiger partial charge in [-0.05, 0) is 55.2 Å². The Bertz CT molecular complexity index is 750. The molecule has 3 N–H and O–H groups in total. The van der Waals surface area contributed by atoms with E-state index in [1.165, 1.54) is 30.2 Å². The van der Waals surface area contributed by atoms with Gasteiger partial charge < -0.3 is 15.7 Å². The van der Waals surface area contributed by atoms with Crippen molar-refractivity contribution in [2.45, 2.75) is 57.9 Å². The average Bonchev–Trinajstić information content (AvgIpc) is 2.68. The van der Waals surface area contributed by atoms with Crippen molar-refractivity contribution in [3.05, 3.63) is 46.7 Å². The van der Waals surface area contributed by atoms with Gasteiger partial charge in [0.15, 0.2) is 0 Å². The summed E-state index contributed by atoms with van der Waals surface area (Å²) >= 11 is 0. The predicted octanol–water partition coefficient (Wildman–Crippen LogP) is 2.99. The molecule has 0 bridgehead atoms. The first-order chi connectivity index (χ1) is 13.0. The molecule has 0 radical (unpaired) electrons. The van der Waals surface area contributed by atoms with Gasteiger partial charge in [0.25, 0.3) is 5.91 Å². The van der Waals surface area contributed by atoms with Crippen LogP contribution in [0.3, 0.4) is 0 Å². The molecule has 0 aliphatic heterocycles. The Kier molecular flexibility index (Phi) is 7.87. The highest BCUT2D eigenvalue weighted by molar-refractivity contribution is 5.97. The van der Waals surface area contributed by atoms with E-state index in [1.807, 2.05) is 6.07 Å². The van der Waals surface area contributed by atoms with Crippen molar-refractivity contribution >= 4 is 11.9 Å². The maximum absolute atomic E-state index is 12.1. The topological polar surface area (TPSA) is 102 Å². The van der Waals surface area contributed by atoms with Crippen molar-refractivity contribution in [1.29, 1.82) is 5.26 Å². The summed E-state index contributed by atoms with van der Waals surface area (Å²) in [6, 6.07) is 8.48. The van der Waals surface area contributed by atoms with Crippen molar-refractivity contribution in [3.63, 3.8) is 0 Å². The van der Waals surface area contributed by atoms with Crippen molar-refractivity contribution < 1.29 is 14.7 Å². The second-order valence-corrected chi connectivity index (χ2v) is 6.79. The Balaban J connectivity index is 1.98. The van der Waals surface area contributed by atoms with E-state index < -0.39 is 11.9 Å². The number of carboxylic acid groups (broad SMARTS) is 1. The number of carboxylic acids is 1. The van der Waals surface area contributed by atoms with Crippen molar-refractivity contribution in [3.8, 4) is 6.07 Å². The Morgan fingerprint density at radius 2 is 2.04 bits per heavy atom. The van der Waals surface area contributed by atoms with Crippen LogP contribution < -0.4 is 10.6 Å². The van der Waals surface area contributed by atoms with Crippen LogP contribution in [0.1, 0.15) is 61.8 Å². The molecule has 0 aromatic heterocycles. The lowest BCUT2D eigenvalue weighted by Gasteiger charge is -2.21. The van der Waals surface area contributed by atoms with Crippen LogP contribution in [0.4, 0.5) is 0 Å². The molecule has 1 aromatic carbocycles. The lowest BCUT2D eigenvalue weighted by atomic mass is 9.89. The van der Waals surface area contributed by atoms with E-state index in [4.69, 9.17) is 5.11 Å². The van der Waals surface area contributed by atoms with Gasteiger partial charge in [-0.15, -0.1) is 0 Å². The summed E-state index contributed by atoms with van der Waals surface area (Å²) in [6.45, 7) is 2.29. The fraction of sp³-hybridized carbons (Fsp3) is 0.476. The summed E-state index contributed by atoms with van der Waals surface area (Å²) in [5.41, 5.74) is 3.98. The van der Waals surface area contributed by atoms with E-state index in [1.54, 1.807) is 0 Å². The minimum absolute atomic E-state index is 0.0123. The molecule has 0 heterocycles. The second-order valence-electron chi connectivity index (χ2n) is 6.79. The van der Waals surface area contributed by atoms with Crippen molar-refractivity contribution in [1.82, 2.24) is 10.6 Å². The number of rotatable bonds is 9. The number of nitrogens with one attached hydrogen (secondary N) is 2. The highest BCUT2D eigenvalue weighted by Crippen LogP contribution is 2.26. The van der Waals surface area contributed by atoms with E-state index in [0.29, 0.717) is 6.42 Å². The van der Waals surface area contributed by atoms with Gasteiger partial charge in [-0.25, -0.2) is 0 Å². The second kappa shape index (κ2) is 10.4. The summed E-state index contributed by atoms with van der Waals surface area (Å²) in [4.78, 5) is 22.5. The summed E-state index contributed by atoms with van der Waals surface area (Å²) in [5, 5.41) is 23.6. The van der Waals surface area contributed by atoms with Crippen molar-refractivity contribution in [2.24, 2.45) is 0 Å². The standard InChI is InChI=1S/C21H27N3O3/c1-2-19(17-10-9-15-6-3-4-7-16(15)12-17)24-14-18(13-22)21(27)23-11-5-8-20(25)26/h9-10,12,14,19,24H,2-8,11H2,1H3,(H,23,27)(H,25,26)/b18-14-. The zero-order valence-corrected chi connectivity index (χ0v) is 15.8. The smallest absolute Gasteiger partial charge is 0.303 e. The molecular weight excluding hydrogens is 342 g/mol. The third-order valence-electron chi connectivity index (χ3n) is 4.83. The fourth-order valence-electron chi connectivity index (χ4n) is 3.29. The van der Waals surface area contributed by atoms with Gasteiger partial charge in [0.1, 0.15) is 11.6 Å². The maximum atomic E-state index is 12.1. The zero-order chi connectivity index (χ0) is 19.6. The van der Waals surface area contributed by atoms with E-state index in [-0.39, 0.29) is 24.6 Å². The summed E-state index contributed by atoms with van der Waals surface area (Å²) in [5.74, 6) is -1.39. The van der Waals surface area contributed by atoms with Gasteiger partial charge in [-0.3, -0.25) is 9.59 Å². The van der Waals surface area contributed by atoms with Gasteiger partial charge in [0.2, 0.25) is 0 Å². The molecule has 1 aromatic rings. The van der Waals surface area contributed by atoms with Crippen LogP contribution >= 0.6 is 0 Å². The van der Waals surface area contributed by atoms with E-state index >= 15 is 0 Å². The number of nitriles is 1. The third-order valence-corrected chi connectivity index (χ3v) is 4.83. The van der Waals surface area contributed by atoms with Gasteiger partial charge in [-0.2, -0.15) is 5.26 Å². The Labute approximate surface area is 160 Å². The Morgan fingerprint density at radius 3 is 2.70 bits per heavy atom. The predicted molar refractivity (Wildman–Crippen MR) is 103 cm³/mol. The van der Waals surface area contributed by atoms with Gasteiger partial charge in [-0.1, -0.05) is 25.1 Å². The first-order valence-electron chi connectivity index (χ1n) is 9.53. The van der Waals surface area contributed by atoms with E-state index in [9.17, 15) is 14.9 Å². The highest BCUT2D eigenvalue weighted by Gasteiger charge is 2.15. The third kappa shape index (κ3) is 6.14. The minimum atomic E-state index is -0.905. The number of nitrogens with zero attached hydrogens (tertiary/aromatic N) is 1. The maximum Gasteiger partial charge on any atom is 0.303 e. The summed E-state index contributed by atoms with van der Waals surface area (Å²) in [7, 11) is 0. The molecule has 1 unspecified atom stereocenters. The van der Waals surface area contributed by atoms with Crippen molar-refractivity contribution in [2.75, 3.05) is 6.54 Å².